The summed E-state index contributed by atoms with van der Waals surface area (Å²) in [6.07, 6.45) is 0. The topological polar surface area (TPSA) is 63.4 Å². The van der Waals surface area contributed by atoms with E-state index in [-0.39, 0.29) is 5.91 Å². The molecular weight excluding hydrogens is 364 g/mol. The van der Waals surface area contributed by atoms with Crippen LogP contribution in [0.5, 0.6) is 11.5 Å². The first-order chi connectivity index (χ1) is 14.1. The fourth-order valence-corrected chi connectivity index (χ4v) is 3.13. The Morgan fingerprint density at radius 1 is 1.00 bits per heavy atom. The predicted molar refractivity (Wildman–Crippen MR) is 115 cm³/mol. The zero-order valence-electron chi connectivity index (χ0n) is 16.4. The van der Waals surface area contributed by atoms with E-state index in [2.05, 4.69) is 10.3 Å². The first kappa shape index (κ1) is 18.6. The highest BCUT2D eigenvalue weighted by atomic mass is 16.5. The average molecular weight is 386 g/mol. The van der Waals surface area contributed by atoms with Gasteiger partial charge >= 0.3 is 0 Å². The molecule has 29 heavy (non-hydrogen) atoms. The summed E-state index contributed by atoms with van der Waals surface area (Å²) < 4.78 is 11.2. The number of aromatic amines is 1. The van der Waals surface area contributed by atoms with E-state index in [4.69, 9.17) is 9.47 Å². The monoisotopic (exact) mass is 386 g/mol. The SMILES string of the molecule is COc1ccc2cc(C(=O)Nc3ccc(C)cc3OCc3ccccc3)[nH]c2c1. The first-order valence-corrected chi connectivity index (χ1v) is 9.38. The molecule has 0 radical (unpaired) electrons. The van der Waals surface area contributed by atoms with Crippen molar-refractivity contribution in [2.45, 2.75) is 13.5 Å². The number of benzene rings is 3. The van der Waals surface area contributed by atoms with Gasteiger partial charge in [0.05, 0.1) is 12.8 Å². The van der Waals surface area contributed by atoms with E-state index in [1.54, 1.807) is 7.11 Å². The van der Waals surface area contributed by atoms with Crippen molar-refractivity contribution in [1.82, 2.24) is 4.98 Å². The molecule has 0 aliphatic rings. The second kappa shape index (κ2) is 8.10. The fraction of sp³-hybridized carbons (Fsp3) is 0.125. The molecule has 1 heterocycles. The Kier molecular flexibility index (Phi) is 5.20. The van der Waals surface area contributed by atoms with Crippen LogP contribution in [0.15, 0.2) is 72.8 Å². The second-order valence-electron chi connectivity index (χ2n) is 6.86. The van der Waals surface area contributed by atoms with Crippen molar-refractivity contribution >= 4 is 22.5 Å². The van der Waals surface area contributed by atoms with Crippen molar-refractivity contribution in [3.8, 4) is 11.5 Å². The van der Waals surface area contributed by atoms with E-state index in [1.807, 2.05) is 79.7 Å². The summed E-state index contributed by atoms with van der Waals surface area (Å²) in [5, 5.41) is 3.90. The molecule has 5 heteroatoms. The third-order valence-corrected chi connectivity index (χ3v) is 4.70. The molecule has 0 saturated carbocycles. The number of aromatic nitrogens is 1. The molecule has 146 valence electrons. The summed E-state index contributed by atoms with van der Waals surface area (Å²) >= 11 is 0. The third-order valence-electron chi connectivity index (χ3n) is 4.70. The number of H-pyrrole nitrogens is 1. The van der Waals surface area contributed by atoms with Gasteiger partial charge < -0.3 is 19.8 Å². The van der Waals surface area contributed by atoms with Gasteiger partial charge in [0.1, 0.15) is 23.8 Å². The highest BCUT2D eigenvalue weighted by Crippen LogP contribution is 2.28. The standard InChI is InChI=1S/C24H22N2O3/c1-16-8-11-20(23(12-16)29-15-17-6-4-3-5-7-17)26-24(27)22-13-18-9-10-19(28-2)14-21(18)25-22/h3-14,25H,15H2,1-2H3,(H,26,27). The van der Waals surface area contributed by atoms with Gasteiger partial charge in [0.15, 0.2) is 0 Å². The highest BCUT2D eigenvalue weighted by molar-refractivity contribution is 6.06. The number of rotatable bonds is 6. The summed E-state index contributed by atoms with van der Waals surface area (Å²) in [4.78, 5) is 16.0. The Morgan fingerprint density at radius 3 is 2.62 bits per heavy atom. The van der Waals surface area contributed by atoms with Crippen LogP contribution < -0.4 is 14.8 Å². The molecule has 1 aromatic heterocycles. The van der Waals surface area contributed by atoms with Crippen LogP contribution in [-0.2, 0) is 6.61 Å². The van der Waals surface area contributed by atoms with Gasteiger partial charge in [0, 0.05) is 17.0 Å². The Labute approximate surface area is 169 Å². The number of amides is 1. The maximum atomic E-state index is 12.8. The van der Waals surface area contributed by atoms with Crippen LogP contribution in [0.3, 0.4) is 0 Å². The Hall–Kier alpha value is -3.73. The largest absolute Gasteiger partial charge is 0.497 e. The van der Waals surface area contributed by atoms with E-state index < -0.39 is 0 Å². The lowest BCUT2D eigenvalue weighted by Crippen LogP contribution is -2.13. The molecule has 5 nitrogen and oxygen atoms in total. The van der Waals surface area contributed by atoms with Crippen molar-refractivity contribution < 1.29 is 14.3 Å². The minimum absolute atomic E-state index is 0.228. The number of carbonyl (C=O) groups is 1. The average Bonchev–Trinajstić information content (AvgIpc) is 3.18. The number of carbonyl (C=O) groups excluding carboxylic acids is 1. The van der Waals surface area contributed by atoms with Gasteiger partial charge in [-0.1, -0.05) is 36.4 Å². The van der Waals surface area contributed by atoms with Crippen LogP contribution in [0, 0.1) is 6.92 Å². The molecule has 0 spiro atoms. The predicted octanol–water partition coefficient (Wildman–Crippen LogP) is 5.32. The summed E-state index contributed by atoms with van der Waals surface area (Å²) in [5.41, 5.74) is 4.08. The molecule has 0 atom stereocenters. The minimum Gasteiger partial charge on any atom is -0.497 e. The van der Waals surface area contributed by atoms with Crippen molar-refractivity contribution in [3.05, 3.63) is 89.6 Å². The van der Waals surface area contributed by atoms with E-state index in [1.165, 1.54) is 0 Å². The lowest BCUT2D eigenvalue weighted by Gasteiger charge is -2.13. The number of fused-ring (bicyclic) bond motifs is 1. The van der Waals surface area contributed by atoms with Gasteiger partial charge in [-0.15, -0.1) is 0 Å². The zero-order chi connectivity index (χ0) is 20.2. The van der Waals surface area contributed by atoms with Crippen LogP contribution in [0.4, 0.5) is 5.69 Å². The van der Waals surface area contributed by atoms with E-state index in [9.17, 15) is 4.79 Å². The summed E-state index contributed by atoms with van der Waals surface area (Å²) in [5.74, 6) is 1.15. The minimum atomic E-state index is -0.228. The Balaban J connectivity index is 1.54. The number of ether oxygens (including phenoxy) is 2. The molecule has 4 rings (SSSR count). The molecule has 0 bridgehead atoms. The summed E-state index contributed by atoms with van der Waals surface area (Å²) in [6.45, 7) is 2.42. The molecule has 1 amide bonds. The van der Waals surface area contributed by atoms with E-state index in [0.29, 0.717) is 23.7 Å². The second-order valence-corrected chi connectivity index (χ2v) is 6.86. The smallest absolute Gasteiger partial charge is 0.272 e. The van der Waals surface area contributed by atoms with Crippen LogP contribution in [0.25, 0.3) is 10.9 Å². The zero-order valence-corrected chi connectivity index (χ0v) is 16.4. The molecule has 2 N–H and O–H groups in total. The Morgan fingerprint density at radius 2 is 1.83 bits per heavy atom. The maximum Gasteiger partial charge on any atom is 0.272 e. The molecular formula is C24H22N2O3. The molecule has 0 unspecified atom stereocenters. The van der Waals surface area contributed by atoms with Crippen molar-refractivity contribution in [3.63, 3.8) is 0 Å². The molecule has 3 aromatic carbocycles. The van der Waals surface area contributed by atoms with Crippen molar-refractivity contribution in [2.24, 2.45) is 0 Å². The number of nitrogens with one attached hydrogen (secondary N) is 2. The van der Waals surface area contributed by atoms with Gasteiger partial charge in [0.2, 0.25) is 0 Å². The molecule has 0 aliphatic heterocycles. The van der Waals surface area contributed by atoms with Gasteiger partial charge in [-0.05, 0) is 48.4 Å². The van der Waals surface area contributed by atoms with Gasteiger partial charge in [-0.25, -0.2) is 0 Å². The van der Waals surface area contributed by atoms with Gasteiger partial charge in [-0.3, -0.25) is 4.79 Å². The van der Waals surface area contributed by atoms with Crippen molar-refractivity contribution in [1.29, 1.82) is 0 Å². The molecule has 0 saturated heterocycles. The molecule has 4 aromatic rings. The number of anilines is 1. The van der Waals surface area contributed by atoms with E-state index >= 15 is 0 Å². The maximum absolute atomic E-state index is 12.8. The van der Waals surface area contributed by atoms with Crippen LogP contribution in [0.2, 0.25) is 0 Å². The van der Waals surface area contributed by atoms with Gasteiger partial charge in [-0.2, -0.15) is 0 Å². The third kappa shape index (κ3) is 4.24. The Bertz CT molecular complexity index is 1150. The number of hydrogen-bond donors (Lipinski definition) is 2. The summed E-state index contributed by atoms with van der Waals surface area (Å²) in [6, 6.07) is 23.1. The first-order valence-electron chi connectivity index (χ1n) is 9.38. The summed E-state index contributed by atoms with van der Waals surface area (Å²) in [7, 11) is 1.62. The number of aryl methyl sites for hydroxylation is 1. The lowest BCUT2D eigenvalue weighted by molar-refractivity contribution is 0.102. The number of hydrogen-bond acceptors (Lipinski definition) is 3. The highest BCUT2D eigenvalue weighted by Gasteiger charge is 2.13. The lowest BCUT2D eigenvalue weighted by atomic mass is 10.2. The van der Waals surface area contributed by atoms with Crippen molar-refractivity contribution in [2.75, 3.05) is 12.4 Å². The van der Waals surface area contributed by atoms with Crippen LogP contribution in [0.1, 0.15) is 21.6 Å². The van der Waals surface area contributed by atoms with E-state index in [0.717, 1.165) is 27.8 Å². The van der Waals surface area contributed by atoms with Gasteiger partial charge in [0.25, 0.3) is 5.91 Å². The molecule has 0 aliphatic carbocycles. The quantitative estimate of drug-likeness (QED) is 0.472. The molecule has 0 fully saturated rings. The van der Waals surface area contributed by atoms with Crippen LogP contribution in [-0.4, -0.2) is 18.0 Å². The van der Waals surface area contributed by atoms with Crippen LogP contribution >= 0.6 is 0 Å². The normalized spacial score (nSPS) is 10.7. The number of methoxy groups -OCH3 is 1. The fourth-order valence-electron chi connectivity index (χ4n) is 3.13.